The molecule has 0 amide bonds. The number of unbranched alkanes of at least 4 members (excludes halogenated alkanes) is 10. The fraction of sp³-hybridized carbons (Fsp3) is 0.842. The number of carbonyl (C=O) groups is 1. The summed E-state index contributed by atoms with van der Waals surface area (Å²) < 4.78 is 0. The van der Waals surface area contributed by atoms with Crippen molar-refractivity contribution in [2.24, 2.45) is 0 Å². The SMILES string of the molecule is CCCCCCCC/C=C\CCCCCCC(C)(O)C(=O)O. The van der Waals surface area contributed by atoms with Crippen LogP contribution in [0.1, 0.15) is 97.3 Å². The minimum atomic E-state index is -1.56. The van der Waals surface area contributed by atoms with Gasteiger partial charge in [0, 0.05) is 0 Å². The van der Waals surface area contributed by atoms with Crippen molar-refractivity contribution in [1.82, 2.24) is 0 Å². The van der Waals surface area contributed by atoms with E-state index in [-0.39, 0.29) is 0 Å². The second-order valence-electron chi connectivity index (χ2n) is 6.56. The third-order valence-corrected chi connectivity index (χ3v) is 4.14. The highest BCUT2D eigenvalue weighted by atomic mass is 16.4. The van der Waals surface area contributed by atoms with Gasteiger partial charge in [-0.25, -0.2) is 4.79 Å². The van der Waals surface area contributed by atoms with E-state index in [1.54, 1.807) is 0 Å². The van der Waals surface area contributed by atoms with Gasteiger partial charge in [-0.3, -0.25) is 0 Å². The summed E-state index contributed by atoms with van der Waals surface area (Å²) in [7, 11) is 0. The van der Waals surface area contributed by atoms with Crippen LogP contribution in [-0.4, -0.2) is 21.8 Å². The fourth-order valence-corrected chi connectivity index (χ4v) is 2.47. The predicted molar refractivity (Wildman–Crippen MR) is 93.1 cm³/mol. The first-order valence-corrected chi connectivity index (χ1v) is 9.11. The molecule has 1 unspecified atom stereocenters. The van der Waals surface area contributed by atoms with Gasteiger partial charge in [0.2, 0.25) is 0 Å². The van der Waals surface area contributed by atoms with Gasteiger partial charge in [-0.05, 0) is 45.4 Å². The number of aliphatic hydroxyl groups is 1. The third kappa shape index (κ3) is 12.9. The molecule has 0 aromatic heterocycles. The number of carboxylic acids is 1. The van der Waals surface area contributed by atoms with E-state index >= 15 is 0 Å². The van der Waals surface area contributed by atoms with E-state index in [1.807, 2.05) is 0 Å². The highest BCUT2D eigenvalue weighted by Gasteiger charge is 2.28. The van der Waals surface area contributed by atoms with Crippen molar-refractivity contribution >= 4 is 5.97 Å². The molecule has 0 aliphatic carbocycles. The van der Waals surface area contributed by atoms with Crippen molar-refractivity contribution in [3.05, 3.63) is 12.2 Å². The van der Waals surface area contributed by atoms with Gasteiger partial charge in [0.1, 0.15) is 0 Å². The molecule has 2 N–H and O–H groups in total. The summed E-state index contributed by atoms with van der Waals surface area (Å²) >= 11 is 0. The lowest BCUT2D eigenvalue weighted by atomic mass is 9.98. The summed E-state index contributed by atoms with van der Waals surface area (Å²) in [5.74, 6) is -1.12. The lowest BCUT2D eigenvalue weighted by Gasteiger charge is -2.17. The van der Waals surface area contributed by atoms with E-state index in [9.17, 15) is 9.90 Å². The van der Waals surface area contributed by atoms with Crippen molar-refractivity contribution < 1.29 is 15.0 Å². The normalized spacial score (nSPS) is 14.3. The summed E-state index contributed by atoms with van der Waals surface area (Å²) in [6.07, 6.45) is 19.4. The van der Waals surface area contributed by atoms with Gasteiger partial charge >= 0.3 is 5.97 Å². The molecule has 0 saturated heterocycles. The molecule has 0 aromatic carbocycles. The predicted octanol–water partition coefficient (Wildman–Crippen LogP) is 5.47. The fourth-order valence-electron chi connectivity index (χ4n) is 2.47. The molecule has 0 aliphatic heterocycles. The largest absolute Gasteiger partial charge is 0.479 e. The van der Waals surface area contributed by atoms with E-state index in [0.717, 1.165) is 32.1 Å². The molecule has 1 atom stereocenters. The molecule has 0 saturated carbocycles. The molecule has 130 valence electrons. The number of hydrogen-bond donors (Lipinski definition) is 2. The highest BCUT2D eigenvalue weighted by Crippen LogP contribution is 2.16. The summed E-state index contributed by atoms with van der Waals surface area (Å²) in [6.45, 7) is 3.62. The Morgan fingerprint density at radius 3 is 1.82 bits per heavy atom. The summed E-state index contributed by atoms with van der Waals surface area (Å²) in [4.78, 5) is 10.7. The zero-order valence-corrected chi connectivity index (χ0v) is 14.6. The smallest absolute Gasteiger partial charge is 0.335 e. The zero-order chi connectivity index (χ0) is 16.7. The van der Waals surface area contributed by atoms with Gasteiger partial charge in [-0.1, -0.05) is 64.0 Å². The molecule has 0 radical (unpaired) electrons. The first-order valence-electron chi connectivity index (χ1n) is 9.11. The van der Waals surface area contributed by atoms with Crippen LogP contribution in [0.15, 0.2) is 12.2 Å². The molecule has 0 heterocycles. The van der Waals surface area contributed by atoms with Crippen LogP contribution in [0.4, 0.5) is 0 Å². The Hall–Kier alpha value is -0.830. The minimum absolute atomic E-state index is 0.343. The average molecular weight is 312 g/mol. The molecule has 3 nitrogen and oxygen atoms in total. The van der Waals surface area contributed by atoms with Crippen LogP contribution < -0.4 is 0 Å². The van der Waals surface area contributed by atoms with Crippen molar-refractivity contribution in [3.63, 3.8) is 0 Å². The minimum Gasteiger partial charge on any atom is -0.479 e. The van der Waals surface area contributed by atoms with Gasteiger partial charge in [0.15, 0.2) is 5.60 Å². The molecule has 3 heteroatoms. The van der Waals surface area contributed by atoms with Crippen molar-refractivity contribution in [3.8, 4) is 0 Å². The van der Waals surface area contributed by atoms with Crippen LogP contribution in [0.3, 0.4) is 0 Å². The molecule has 0 aliphatic rings. The average Bonchev–Trinajstić information content (AvgIpc) is 2.47. The van der Waals surface area contributed by atoms with Crippen LogP contribution in [0, 0.1) is 0 Å². The quantitative estimate of drug-likeness (QED) is 0.311. The second kappa shape index (κ2) is 13.8. The van der Waals surface area contributed by atoms with Gasteiger partial charge in [-0.15, -0.1) is 0 Å². The number of aliphatic carboxylic acids is 1. The Morgan fingerprint density at radius 1 is 0.864 bits per heavy atom. The lowest BCUT2D eigenvalue weighted by molar-refractivity contribution is -0.157. The van der Waals surface area contributed by atoms with Crippen molar-refractivity contribution in [1.29, 1.82) is 0 Å². The Morgan fingerprint density at radius 2 is 1.32 bits per heavy atom. The number of allylic oxidation sites excluding steroid dienone is 2. The summed E-state index contributed by atoms with van der Waals surface area (Å²) in [5, 5.41) is 18.4. The number of hydrogen-bond acceptors (Lipinski definition) is 2. The van der Waals surface area contributed by atoms with E-state index in [4.69, 9.17) is 5.11 Å². The molecule has 0 fully saturated rings. The number of rotatable bonds is 15. The van der Waals surface area contributed by atoms with Gasteiger partial charge in [0.05, 0.1) is 0 Å². The van der Waals surface area contributed by atoms with E-state index in [2.05, 4.69) is 19.1 Å². The van der Waals surface area contributed by atoms with Crippen LogP contribution in [0.25, 0.3) is 0 Å². The van der Waals surface area contributed by atoms with Crippen molar-refractivity contribution in [2.45, 2.75) is 103 Å². The highest BCUT2D eigenvalue weighted by molar-refractivity contribution is 5.76. The van der Waals surface area contributed by atoms with E-state index in [1.165, 1.54) is 51.9 Å². The Balaban J connectivity index is 3.29. The van der Waals surface area contributed by atoms with Crippen LogP contribution in [0.5, 0.6) is 0 Å². The summed E-state index contributed by atoms with van der Waals surface area (Å²) in [5.41, 5.74) is -1.56. The first-order chi connectivity index (χ1) is 10.5. The number of carboxylic acid groups (broad SMARTS) is 1. The topological polar surface area (TPSA) is 57.5 Å². The Bertz CT molecular complexity index is 295. The molecular weight excluding hydrogens is 276 g/mol. The second-order valence-corrected chi connectivity index (χ2v) is 6.56. The summed E-state index contributed by atoms with van der Waals surface area (Å²) in [6, 6.07) is 0. The zero-order valence-electron chi connectivity index (χ0n) is 14.6. The van der Waals surface area contributed by atoms with E-state index < -0.39 is 11.6 Å². The molecule has 0 rings (SSSR count). The lowest BCUT2D eigenvalue weighted by Crippen LogP contribution is -2.34. The standard InChI is InChI=1S/C19H36O3/c1-3-4-5-6-7-8-9-10-11-12-13-14-15-16-17-19(2,22)18(20)21/h10-11,22H,3-9,12-17H2,1-2H3,(H,20,21)/b11-10-. The maximum Gasteiger partial charge on any atom is 0.335 e. The van der Waals surface area contributed by atoms with Gasteiger partial charge in [0.25, 0.3) is 0 Å². The molecular formula is C19H36O3. The molecule has 0 bridgehead atoms. The van der Waals surface area contributed by atoms with Crippen LogP contribution in [-0.2, 0) is 4.79 Å². The monoisotopic (exact) mass is 312 g/mol. The first kappa shape index (κ1) is 21.2. The Kier molecular flexibility index (Phi) is 13.3. The maximum absolute atomic E-state index is 10.7. The van der Waals surface area contributed by atoms with Gasteiger partial charge in [-0.2, -0.15) is 0 Å². The van der Waals surface area contributed by atoms with Crippen molar-refractivity contribution in [2.75, 3.05) is 0 Å². The van der Waals surface area contributed by atoms with Crippen LogP contribution in [0.2, 0.25) is 0 Å². The third-order valence-electron chi connectivity index (χ3n) is 4.14. The van der Waals surface area contributed by atoms with Gasteiger partial charge < -0.3 is 10.2 Å². The van der Waals surface area contributed by atoms with E-state index in [0.29, 0.717) is 6.42 Å². The van der Waals surface area contributed by atoms with Crippen LogP contribution >= 0.6 is 0 Å². The maximum atomic E-state index is 10.7. The molecule has 0 aromatic rings. The molecule has 0 spiro atoms. The Labute approximate surface area is 136 Å². The molecule has 22 heavy (non-hydrogen) atoms.